The number of nitrogens with zero attached hydrogens (tertiary/aromatic N) is 4. The zero-order valence-electron chi connectivity index (χ0n) is 10.2. The summed E-state index contributed by atoms with van der Waals surface area (Å²) in [6, 6.07) is 2.18. The van der Waals surface area contributed by atoms with E-state index in [2.05, 4.69) is 35.3 Å². The van der Waals surface area contributed by atoms with E-state index in [9.17, 15) is 0 Å². The van der Waals surface area contributed by atoms with Gasteiger partial charge in [0.15, 0.2) is 5.82 Å². The van der Waals surface area contributed by atoms with E-state index >= 15 is 0 Å². The molecule has 0 unspecified atom stereocenters. The van der Waals surface area contributed by atoms with Gasteiger partial charge >= 0.3 is 0 Å². The minimum Gasteiger partial charge on any atom is -0.309 e. The second-order valence-electron chi connectivity index (χ2n) is 4.76. The van der Waals surface area contributed by atoms with Gasteiger partial charge in [-0.25, -0.2) is 4.98 Å². The molecule has 0 bridgehead atoms. The Morgan fingerprint density at radius 1 is 1.56 bits per heavy atom. The molecule has 5 nitrogen and oxygen atoms in total. The summed E-state index contributed by atoms with van der Waals surface area (Å²) in [5, 5.41) is 16.0. The molecule has 1 heterocycles. The number of aromatic nitrogens is 3. The maximum Gasteiger partial charge on any atom is 0.164 e. The highest BCUT2D eigenvalue weighted by Gasteiger charge is 2.16. The van der Waals surface area contributed by atoms with Crippen LogP contribution < -0.4 is 5.32 Å². The fourth-order valence-electron chi connectivity index (χ4n) is 1.46. The van der Waals surface area contributed by atoms with Crippen LogP contribution in [-0.2, 0) is 13.6 Å². The highest BCUT2D eigenvalue weighted by atomic mass is 15.3. The average molecular weight is 221 g/mol. The van der Waals surface area contributed by atoms with Gasteiger partial charge in [0.05, 0.1) is 12.6 Å². The summed E-state index contributed by atoms with van der Waals surface area (Å²) in [6.45, 7) is 5.86. The Balaban J connectivity index is 2.27. The van der Waals surface area contributed by atoms with Gasteiger partial charge in [-0.05, 0) is 11.8 Å². The van der Waals surface area contributed by atoms with Crippen molar-refractivity contribution in [2.45, 2.75) is 33.2 Å². The van der Waals surface area contributed by atoms with Crippen LogP contribution in [-0.4, -0.2) is 21.3 Å². The summed E-state index contributed by atoms with van der Waals surface area (Å²) in [4.78, 5) is 4.13. The first-order chi connectivity index (χ1) is 7.53. The lowest BCUT2D eigenvalue weighted by Gasteiger charge is -2.23. The van der Waals surface area contributed by atoms with Crippen molar-refractivity contribution in [3.63, 3.8) is 0 Å². The zero-order chi connectivity index (χ0) is 12.0. The summed E-state index contributed by atoms with van der Waals surface area (Å²) < 4.78 is 1.69. The molecular weight excluding hydrogens is 202 g/mol. The van der Waals surface area contributed by atoms with Gasteiger partial charge in [-0.3, -0.25) is 4.68 Å². The molecule has 88 valence electrons. The van der Waals surface area contributed by atoms with E-state index in [1.807, 2.05) is 7.05 Å². The van der Waals surface area contributed by atoms with Crippen LogP contribution in [0, 0.1) is 16.7 Å². The standard InChI is InChI=1S/C11H19N5/c1-11(2,5-4-6-12)8-13-7-10-14-9-16(3)15-10/h9,13H,4-5,7-8H2,1-3H3. The fourth-order valence-corrected chi connectivity index (χ4v) is 1.46. The van der Waals surface area contributed by atoms with E-state index in [4.69, 9.17) is 5.26 Å². The Kier molecular flexibility index (Phi) is 4.44. The van der Waals surface area contributed by atoms with Gasteiger partial charge in [-0.15, -0.1) is 0 Å². The van der Waals surface area contributed by atoms with Gasteiger partial charge in [0, 0.05) is 20.0 Å². The van der Waals surface area contributed by atoms with Crippen molar-refractivity contribution in [1.29, 1.82) is 5.26 Å². The molecule has 0 aromatic carbocycles. The predicted octanol–water partition coefficient (Wildman–Crippen LogP) is 1.23. The molecule has 0 spiro atoms. The van der Waals surface area contributed by atoms with Crippen molar-refractivity contribution < 1.29 is 0 Å². The third-order valence-electron chi connectivity index (χ3n) is 2.45. The van der Waals surface area contributed by atoms with Crippen molar-refractivity contribution in [2.24, 2.45) is 12.5 Å². The van der Waals surface area contributed by atoms with E-state index in [1.165, 1.54) is 0 Å². The van der Waals surface area contributed by atoms with E-state index < -0.39 is 0 Å². The number of hydrogen-bond acceptors (Lipinski definition) is 4. The van der Waals surface area contributed by atoms with Crippen LogP contribution in [0.5, 0.6) is 0 Å². The highest BCUT2D eigenvalue weighted by Crippen LogP contribution is 2.20. The largest absolute Gasteiger partial charge is 0.309 e. The smallest absolute Gasteiger partial charge is 0.164 e. The molecular formula is C11H19N5. The Labute approximate surface area is 96.5 Å². The number of rotatable bonds is 6. The van der Waals surface area contributed by atoms with Gasteiger partial charge in [0.2, 0.25) is 0 Å². The topological polar surface area (TPSA) is 66.5 Å². The second-order valence-corrected chi connectivity index (χ2v) is 4.76. The van der Waals surface area contributed by atoms with Crippen molar-refractivity contribution in [3.8, 4) is 6.07 Å². The first-order valence-electron chi connectivity index (χ1n) is 5.46. The van der Waals surface area contributed by atoms with Crippen molar-refractivity contribution in [2.75, 3.05) is 6.54 Å². The molecule has 0 aliphatic heterocycles. The Morgan fingerprint density at radius 3 is 2.88 bits per heavy atom. The number of nitriles is 1. The van der Waals surface area contributed by atoms with Gasteiger partial charge < -0.3 is 5.32 Å². The normalized spacial score (nSPS) is 11.4. The molecule has 1 aromatic heterocycles. The summed E-state index contributed by atoms with van der Waals surface area (Å²) in [6.07, 6.45) is 3.21. The lowest BCUT2D eigenvalue weighted by Crippen LogP contribution is -2.29. The molecule has 16 heavy (non-hydrogen) atoms. The Bertz CT molecular complexity index is 361. The molecule has 0 fully saturated rings. The van der Waals surface area contributed by atoms with E-state index in [0.717, 1.165) is 18.8 Å². The first-order valence-corrected chi connectivity index (χ1v) is 5.46. The van der Waals surface area contributed by atoms with Crippen LogP contribution in [0.15, 0.2) is 6.33 Å². The van der Waals surface area contributed by atoms with E-state index in [1.54, 1.807) is 11.0 Å². The summed E-state index contributed by atoms with van der Waals surface area (Å²) >= 11 is 0. The molecule has 0 saturated heterocycles. The second kappa shape index (κ2) is 5.61. The third kappa shape index (κ3) is 4.41. The molecule has 0 saturated carbocycles. The van der Waals surface area contributed by atoms with Gasteiger partial charge in [-0.1, -0.05) is 13.8 Å². The quantitative estimate of drug-likeness (QED) is 0.784. The fraction of sp³-hybridized carbons (Fsp3) is 0.727. The van der Waals surface area contributed by atoms with Crippen LogP contribution in [0.3, 0.4) is 0 Å². The summed E-state index contributed by atoms with van der Waals surface area (Å²) in [5.41, 5.74) is 0.143. The van der Waals surface area contributed by atoms with Crippen LogP contribution in [0.2, 0.25) is 0 Å². The molecule has 0 amide bonds. The molecule has 1 rings (SSSR count). The molecule has 1 N–H and O–H groups in total. The molecule has 5 heteroatoms. The van der Waals surface area contributed by atoms with Gasteiger partial charge in [0.25, 0.3) is 0 Å². The summed E-state index contributed by atoms with van der Waals surface area (Å²) in [5.74, 6) is 0.804. The van der Waals surface area contributed by atoms with Gasteiger partial charge in [0.1, 0.15) is 6.33 Å². The lowest BCUT2D eigenvalue weighted by atomic mass is 9.88. The van der Waals surface area contributed by atoms with Crippen molar-refractivity contribution >= 4 is 0 Å². The molecule has 1 aromatic rings. The monoisotopic (exact) mass is 221 g/mol. The number of nitrogens with one attached hydrogen (secondary N) is 1. The number of aryl methyl sites for hydroxylation is 1. The van der Waals surface area contributed by atoms with Crippen molar-refractivity contribution in [3.05, 3.63) is 12.2 Å². The predicted molar refractivity (Wildman–Crippen MR) is 61.3 cm³/mol. The van der Waals surface area contributed by atoms with Crippen LogP contribution in [0.1, 0.15) is 32.5 Å². The number of hydrogen-bond donors (Lipinski definition) is 1. The zero-order valence-corrected chi connectivity index (χ0v) is 10.2. The van der Waals surface area contributed by atoms with E-state index in [0.29, 0.717) is 13.0 Å². The van der Waals surface area contributed by atoms with Crippen LogP contribution in [0.4, 0.5) is 0 Å². The molecule has 0 aliphatic carbocycles. The third-order valence-corrected chi connectivity index (χ3v) is 2.45. The van der Waals surface area contributed by atoms with Crippen LogP contribution >= 0.6 is 0 Å². The molecule has 0 radical (unpaired) electrons. The highest BCUT2D eigenvalue weighted by molar-refractivity contribution is 4.83. The first kappa shape index (κ1) is 12.7. The maximum absolute atomic E-state index is 8.54. The molecule has 0 aliphatic rings. The Morgan fingerprint density at radius 2 is 2.31 bits per heavy atom. The SMILES string of the molecule is Cn1cnc(CNCC(C)(C)CCC#N)n1. The minimum absolute atomic E-state index is 0.143. The van der Waals surface area contributed by atoms with E-state index in [-0.39, 0.29) is 5.41 Å². The summed E-state index contributed by atoms with van der Waals surface area (Å²) in [7, 11) is 1.85. The minimum atomic E-state index is 0.143. The lowest BCUT2D eigenvalue weighted by molar-refractivity contribution is 0.316. The maximum atomic E-state index is 8.54. The Hall–Kier alpha value is -1.41. The van der Waals surface area contributed by atoms with Crippen LogP contribution in [0.25, 0.3) is 0 Å². The average Bonchev–Trinajstić information content (AvgIpc) is 2.61. The van der Waals surface area contributed by atoms with Gasteiger partial charge in [-0.2, -0.15) is 10.4 Å². The van der Waals surface area contributed by atoms with Crippen molar-refractivity contribution in [1.82, 2.24) is 20.1 Å². The molecule has 0 atom stereocenters.